The fourth-order valence-electron chi connectivity index (χ4n) is 2.37. The molecule has 0 saturated carbocycles. The number of sulfonamides is 1. The number of ether oxygens (including phenoxy) is 3. The van der Waals surface area contributed by atoms with E-state index >= 15 is 0 Å². The van der Waals surface area contributed by atoms with Crippen molar-refractivity contribution in [3.05, 3.63) is 24.3 Å². The lowest BCUT2D eigenvalue weighted by atomic mass is 10.3. The molecule has 0 aromatic heterocycles. The van der Waals surface area contributed by atoms with Gasteiger partial charge in [-0.3, -0.25) is 0 Å². The number of rotatable bonds is 9. The molecule has 146 valence electrons. The molecular formula is C16H25N3O6S. The zero-order chi connectivity index (χ0) is 18.8. The van der Waals surface area contributed by atoms with Crippen molar-refractivity contribution in [1.29, 1.82) is 0 Å². The normalized spacial score (nSPS) is 15.3. The Labute approximate surface area is 153 Å². The van der Waals surface area contributed by atoms with Crippen LogP contribution in [0.3, 0.4) is 0 Å². The van der Waals surface area contributed by atoms with E-state index in [1.165, 1.54) is 4.31 Å². The predicted octanol–water partition coefficient (Wildman–Crippen LogP) is 0.0352. The smallest absolute Gasteiger partial charge is 0.314 e. The van der Waals surface area contributed by atoms with Gasteiger partial charge in [0.25, 0.3) is 0 Å². The number of hydrogen-bond donors (Lipinski definition) is 2. The molecule has 2 N–H and O–H groups in total. The van der Waals surface area contributed by atoms with Crippen molar-refractivity contribution in [1.82, 2.24) is 14.9 Å². The van der Waals surface area contributed by atoms with Crippen LogP contribution in [0.2, 0.25) is 0 Å². The minimum Gasteiger partial charge on any atom is -0.493 e. The number of nitrogens with one attached hydrogen (secondary N) is 2. The Morgan fingerprint density at radius 3 is 2.50 bits per heavy atom. The minimum atomic E-state index is -3.38. The maximum atomic E-state index is 12.1. The lowest BCUT2D eigenvalue weighted by Crippen LogP contribution is -2.45. The van der Waals surface area contributed by atoms with Crippen molar-refractivity contribution < 1.29 is 27.4 Å². The van der Waals surface area contributed by atoms with Crippen molar-refractivity contribution in [2.75, 3.05) is 58.9 Å². The van der Waals surface area contributed by atoms with Gasteiger partial charge in [-0.1, -0.05) is 12.1 Å². The van der Waals surface area contributed by atoms with Crippen LogP contribution in [0.4, 0.5) is 4.79 Å². The number of amides is 2. The number of methoxy groups -OCH3 is 1. The van der Waals surface area contributed by atoms with Gasteiger partial charge in [0.15, 0.2) is 11.5 Å². The quantitative estimate of drug-likeness (QED) is 0.580. The van der Waals surface area contributed by atoms with E-state index < -0.39 is 16.1 Å². The van der Waals surface area contributed by atoms with E-state index in [-0.39, 0.29) is 25.4 Å². The summed E-state index contributed by atoms with van der Waals surface area (Å²) in [7, 11) is -1.82. The summed E-state index contributed by atoms with van der Waals surface area (Å²) in [5.41, 5.74) is 0. The number of hydrogen-bond acceptors (Lipinski definition) is 6. The molecule has 9 nitrogen and oxygen atoms in total. The summed E-state index contributed by atoms with van der Waals surface area (Å²) in [4.78, 5) is 11.7. The zero-order valence-corrected chi connectivity index (χ0v) is 15.6. The second-order valence-electron chi connectivity index (χ2n) is 5.51. The maximum absolute atomic E-state index is 12.1. The minimum absolute atomic E-state index is 0.0406. The zero-order valence-electron chi connectivity index (χ0n) is 14.8. The number of carbonyl (C=O) groups is 1. The third kappa shape index (κ3) is 6.36. The van der Waals surface area contributed by atoms with Crippen molar-refractivity contribution in [3.63, 3.8) is 0 Å². The summed E-state index contributed by atoms with van der Waals surface area (Å²) < 4.78 is 41.4. The lowest BCUT2D eigenvalue weighted by molar-refractivity contribution is 0.0730. The first-order valence-electron chi connectivity index (χ1n) is 8.36. The SMILES string of the molecule is COc1ccccc1OCCNC(=O)NCCS(=O)(=O)N1CCOCC1. The monoisotopic (exact) mass is 387 g/mol. The van der Waals surface area contributed by atoms with Gasteiger partial charge in [0.05, 0.1) is 32.6 Å². The van der Waals surface area contributed by atoms with Crippen molar-refractivity contribution >= 4 is 16.1 Å². The first-order valence-corrected chi connectivity index (χ1v) is 9.97. The first-order chi connectivity index (χ1) is 12.5. The van der Waals surface area contributed by atoms with Gasteiger partial charge >= 0.3 is 6.03 Å². The average Bonchev–Trinajstić information content (AvgIpc) is 2.66. The van der Waals surface area contributed by atoms with Crippen molar-refractivity contribution in [3.8, 4) is 11.5 Å². The maximum Gasteiger partial charge on any atom is 0.314 e. The van der Waals surface area contributed by atoms with Crippen LogP contribution >= 0.6 is 0 Å². The van der Waals surface area contributed by atoms with Gasteiger partial charge in [-0.05, 0) is 12.1 Å². The molecule has 1 saturated heterocycles. The predicted molar refractivity (Wildman–Crippen MR) is 96.1 cm³/mol. The van der Waals surface area contributed by atoms with Crippen LogP contribution in [0.5, 0.6) is 11.5 Å². The number of benzene rings is 1. The highest BCUT2D eigenvalue weighted by molar-refractivity contribution is 7.89. The Morgan fingerprint density at radius 2 is 1.81 bits per heavy atom. The van der Waals surface area contributed by atoms with Gasteiger partial charge in [0.2, 0.25) is 10.0 Å². The average molecular weight is 387 g/mol. The van der Waals surface area contributed by atoms with E-state index in [2.05, 4.69) is 10.6 Å². The number of carbonyl (C=O) groups excluding carboxylic acids is 1. The molecule has 0 radical (unpaired) electrons. The Kier molecular flexibility index (Phi) is 7.95. The topological polar surface area (TPSA) is 106 Å². The number of para-hydroxylation sites is 2. The van der Waals surface area contributed by atoms with E-state index in [0.29, 0.717) is 37.8 Å². The van der Waals surface area contributed by atoms with E-state index in [0.717, 1.165) is 0 Å². The molecule has 0 aliphatic carbocycles. The van der Waals surface area contributed by atoms with Crippen LogP contribution in [0.1, 0.15) is 0 Å². The highest BCUT2D eigenvalue weighted by Gasteiger charge is 2.23. The molecule has 1 aliphatic rings. The molecule has 1 aliphatic heterocycles. The molecule has 1 heterocycles. The summed E-state index contributed by atoms with van der Waals surface area (Å²) in [6.07, 6.45) is 0. The Balaban J connectivity index is 1.61. The molecule has 1 fully saturated rings. The van der Waals surface area contributed by atoms with Gasteiger partial charge in [-0.2, -0.15) is 4.31 Å². The largest absolute Gasteiger partial charge is 0.493 e. The van der Waals surface area contributed by atoms with E-state index in [1.54, 1.807) is 19.2 Å². The van der Waals surface area contributed by atoms with Crippen LogP contribution in [0.15, 0.2) is 24.3 Å². The number of nitrogens with zero attached hydrogens (tertiary/aromatic N) is 1. The first kappa shape index (κ1) is 20.3. The fraction of sp³-hybridized carbons (Fsp3) is 0.562. The van der Waals surface area contributed by atoms with Crippen molar-refractivity contribution in [2.24, 2.45) is 0 Å². The second-order valence-corrected chi connectivity index (χ2v) is 7.60. The fourth-order valence-corrected chi connectivity index (χ4v) is 3.70. The second kappa shape index (κ2) is 10.2. The molecule has 1 aromatic carbocycles. The lowest BCUT2D eigenvalue weighted by Gasteiger charge is -2.26. The molecule has 10 heteroatoms. The van der Waals surface area contributed by atoms with E-state index in [9.17, 15) is 13.2 Å². The van der Waals surface area contributed by atoms with Gasteiger partial charge in [-0.15, -0.1) is 0 Å². The number of morpholine rings is 1. The summed E-state index contributed by atoms with van der Waals surface area (Å²) >= 11 is 0. The molecule has 1 aromatic rings. The molecular weight excluding hydrogens is 362 g/mol. The standard InChI is InChI=1S/C16H25N3O6S/c1-23-14-4-2-3-5-15(14)25-10-6-17-16(20)18-7-13-26(21,22)19-8-11-24-12-9-19/h2-5H,6-13H2,1H3,(H2,17,18,20). The van der Waals surface area contributed by atoms with Gasteiger partial charge in [-0.25, -0.2) is 13.2 Å². The highest BCUT2D eigenvalue weighted by atomic mass is 32.2. The molecule has 0 spiro atoms. The van der Waals surface area contributed by atoms with Gasteiger partial charge in [0, 0.05) is 19.6 Å². The van der Waals surface area contributed by atoms with Crippen LogP contribution in [0.25, 0.3) is 0 Å². The van der Waals surface area contributed by atoms with Crippen LogP contribution in [-0.4, -0.2) is 77.6 Å². The molecule has 2 rings (SSSR count). The summed E-state index contributed by atoms with van der Waals surface area (Å²) in [5, 5.41) is 5.14. The number of urea groups is 1. The molecule has 2 amide bonds. The van der Waals surface area contributed by atoms with Gasteiger partial charge in [0.1, 0.15) is 6.61 Å². The third-order valence-corrected chi connectivity index (χ3v) is 5.60. The highest BCUT2D eigenvalue weighted by Crippen LogP contribution is 2.25. The van der Waals surface area contributed by atoms with Crippen LogP contribution in [-0.2, 0) is 14.8 Å². The van der Waals surface area contributed by atoms with Crippen LogP contribution < -0.4 is 20.1 Å². The third-order valence-electron chi connectivity index (χ3n) is 3.72. The summed E-state index contributed by atoms with van der Waals surface area (Å²) in [5.74, 6) is 1.07. The van der Waals surface area contributed by atoms with E-state index in [1.807, 2.05) is 12.1 Å². The Bertz CT molecular complexity index is 676. The summed E-state index contributed by atoms with van der Waals surface area (Å²) in [6.45, 7) is 2.10. The Hall–Kier alpha value is -2.04. The molecule has 0 bridgehead atoms. The molecule has 0 unspecified atom stereocenters. The Morgan fingerprint density at radius 1 is 1.15 bits per heavy atom. The van der Waals surface area contributed by atoms with Crippen molar-refractivity contribution in [2.45, 2.75) is 0 Å². The summed E-state index contributed by atoms with van der Waals surface area (Å²) in [6, 6.07) is 6.78. The van der Waals surface area contributed by atoms with E-state index in [4.69, 9.17) is 14.2 Å². The molecule has 0 atom stereocenters. The van der Waals surface area contributed by atoms with Crippen LogP contribution in [0, 0.1) is 0 Å². The molecule has 26 heavy (non-hydrogen) atoms. The van der Waals surface area contributed by atoms with Gasteiger partial charge < -0.3 is 24.8 Å².